The minimum absolute atomic E-state index is 0.188. The Kier molecular flexibility index (Phi) is 6.37. The fraction of sp³-hybridized carbons (Fsp3) is 0.889. The largest absolute Gasteiger partial charge is 0.302 e. The average molecular weight is 205 g/mol. The quantitative estimate of drug-likeness (QED) is 0.528. The first-order valence-corrected chi connectivity index (χ1v) is 5.76. The second-order valence-corrected chi connectivity index (χ2v) is 4.84. The molecule has 0 amide bonds. The number of carbonyl (C=O) groups excluding carboxylic acids is 1. The van der Waals surface area contributed by atoms with Gasteiger partial charge in [0.15, 0.2) is 0 Å². The maximum Gasteiger partial charge on any atom is 0.139 e. The Balaban J connectivity index is 3.65. The molecular formula is C9H19NO2S. The average Bonchev–Trinajstić information content (AvgIpc) is 2.03. The van der Waals surface area contributed by atoms with Crippen molar-refractivity contribution in [3.8, 4) is 0 Å². The van der Waals surface area contributed by atoms with Crippen molar-refractivity contribution in [2.45, 2.75) is 38.8 Å². The maximum atomic E-state index is 10.6. The third-order valence-electron chi connectivity index (χ3n) is 1.31. The molecule has 0 heterocycles. The molecule has 1 N–H and O–H groups in total. The molecule has 4 heteroatoms. The molecule has 78 valence electrons. The van der Waals surface area contributed by atoms with E-state index in [2.05, 4.69) is 5.48 Å². The van der Waals surface area contributed by atoms with E-state index in [1.807, 2.05) is 27.0 Å². The molecule has 0 unspecified atom stereocenters. The number of hydrogen-bond donors (Lipinski definition) is 1. The highest BCUT2D eigenvalue weighted by Gasteiger charge is 2.14. The van der Waals surface area contributed by atoms with Gasteiger partial charge in [-0.05, 0) is 39.2 Å². The highest BCUT2D eigenvalue weighted by molar-refractivity contribution is 7.98. The Bertz CT molecular complexity index is 145. The lowest BCUT2D eigenvalue weighted by Gasteiger charge is -2.22. The standard InChI is InChI=1S/C9H19NO2S/c1-9(2,3)12-10-8(7-11)5-6-13-4/h7-8,10H,5-6H2,1-4H3/t8-/m0/s1. The van der Waals surface area contributed by atoms with Gasteiger partial charge in [0.1, 0.15) is 6.29 Å². The predicted octanol–water partition coefficient (Wildman–Crippen LogP) is 1.63. The van der Waals surface area contributed by atoms with E-state index < -0.39 is 0 Å². The van der Waals surface area contributed by atoms with Crippen LogP contribution in [-0.2, 0) is 9.63 Å². The first kappa shape index (κ1) is 12.9. The summed E-state index contributed by atoms with van der Waals surface area (Å²) < 4.78 is 0. The molecule has 3 nitrogen and oxygen atoms in total. The maximum absolute atomic E-state index is 10.6. The Morgan fingerprint density at radius 3 is 2.54 bits per heavy atom. The molecule has 0 fully saturated rings. The lowest BCUT2D eigenvalue weighted by atomic mass is 10.2. The van der Waals surface area contributed by atoms with E-state index in [1.165, 1.54) is 0 Å². The zero-order valence-corrected chi connectivity index (χ0v) is 9.61. The number of hydrogen-bond acceptors (Lipinski definition) is 4. The Hall–Kier alpha value is -0.0600. The highest BCUT2D eigenvalue weighted by Crippen LogP contribution is 2.05. The van der Waals surface area contributed by atoms with Crippen molar-refractivity contribution in [1.82, 2.24) is 5.48 Å². The molecule has 0 radical (unpaired) electrons. The normalized spacial score (nSPS) is 14.2. The van der Waals surface area contributed by atoms with E-state index in [0.29, 0.717) is 0 Å². The summed E-state index contributed by atoms with van der Waals surface area (Å²) in [6.45, 7) is 5.82. The lowest BCUT2D eigenvalue weighted by molar-refractivity contribution is -0.122. The van der Waals surface area contributed by atoms with Crippen molar-refractivity contribution in [2.75, 3.05) is 12.0 Å². The van der Waals surface area contributed by atoms with Gasteiger partial charge in [0.2, 0.25) is 0 Å². The molecular weight excluding hydrogens is 186 g/mol. The Labute approximate surface area is 84.6 Å². The van der Waals surface area contributed by atoms with Crippen LogP contribution in [0, 0.1) is 0 Å². The molecule has 0 bridgehead atoms. The smallest absolute Gasteiger partial charge is 0.139 e. The monoisotopic (exact) mass is 205 g/mol. The minimum atomic E-state index is -0.249. The summed E-state index contributed by atoms with van der Waals surface area (Å²) in [6, 6.07) is -0.188. The predicted molar refractivity (Wildman–Crippen MR) is 56.8 cm³/mol. The van der Waals surface area contributed by atoms with E-state index in [1.54, 1.807) is 11.8 Å². The zero-order valence-electron chi connectivity index (χ0n) is 8.79. The molecule has 0 spiro atoms. The van der Waals surface area contributed by atoms with Gasteiger partial charge in [0.05, 0.1) is 11.6 Å². The van der Waals surface area contributed by atoms with Gasteiger partial charge in [-0.2, -0.15) is 17.2 Å². The van der Waals surface area contributed by atoms with Crippen molar-refractivity contribution < 1.29 is 9.63 Å². The van der Waals surface area contributed by atoms with Crippen molar-refractivity contribution in [1.29, 1.82) is 0 Å². The molecule has 0 aromatic carbocycles. The van der Waals surface area contributed by atoms with E-state index in [-0.39, 0.29) is 11.6 Å². The first-order valence-electron chi connectivity index (χ1n) is 4.37. The molecule has 13 heavy (non-hydrogen) atoms. The van der Waals surface area contributed by atoms with E-state index in [9.17, 15) is 4.79 Å². The van der Waals surface area contributed by atoms with Crippen LogP contribution in [0.15, 0.2) is 0 Å². The Morgan fingerprint density at radius 2 is 2.15 bits per heavy atom. The third kappa shape index (κ3) is 8.28. The van der Waals surface area contributed by atoms with Crippen LogP contribution < -0.4 is 5.48 Å². The summed E-state index contributed by atoms with van der Waals surface area (Å²) in [5.41, 5.74) is 2.51. The van der Waals surface area contributed by atoms with Gasteiger partial charge in [-0.25, -0.2) is 0 Å². The van der Waals surface area contributed by atoms with E-state index in [0.717, 1.165) is 18.5 Å². The van der Waals surface area contributed by atoms with Crippen LogP contribution in [0.2, 0.25) is 0 Å². The number of hydroxylamine groups is 1. The highest BCUT2D eigenvalue weighted by atomic mass is 32.2. The molecule has 1 atom stereocenters. The van der Waals surface area contributed by atoms with Crippen LogP contribution in [0.4, 0.5) is 0 Å². The summed E-state index contributed by atoms with van der Waals surface area (Å²) in [5.74, 6) is 0.962. The summed E-state index contributed by atoms with van der Waals surface area (Å²) in [5, 5.41) is 0. The van der Waals surface area contributed by atoms with Gasteiger partial charge in [-0.15, -0.1) is 0 Å². The summed E-state index contributed by atoms with van der Waals surface area (Å²) in [6.07, 6.45) is 3.72. The SMILES string of the molecule is CSCC[C@@H](C=O)NOC(C)(C)C. The molecule has 0 aromatic rings. The topological polar surface area (TPSA) is 38.3 Å². The van der Waals surface area contributed by atoms with Crippen LogP contribution in [-0.4, -0.2) is 29.9 Å². The van der Waals surface area contributed by atoms with Gasteiger partial charge in [0, 0.05) is 0 Å². The Morgan fingerprint density at radius 1 is 1.54 bits per heavy atom. The van der Waals surface area contributed by atoms with Crippen molar-refractivity contribution in [3.63, 3.8) is 0 Å². The fourth-order valence-corrected chi connectivity index (χ4v) is 1.14. The van der Waals surface area contributed by atoms with Gasteiger partial charge >= 0.3 is 0 Å². The fourth-order valence-electron chi connectivity index (χ4n) is 0.652. The van der Waals surface area contributed by atoms with Gasteiger partial charge in [0.25, 0.3) is 0 Å². The summed E-state index contributed by atoms with van der Waals surface area (Å²) in [4.78, 5) is 15.9. The molecule has 0 rings (SSSR count). The summed E-state index contributed by atoms with van der Waals surface area (Å²) in [7, 11) is 0. The van der Waals surface area contributed by atoms with Crippen LogP contribution in [0.25, 0.3) is 0 Å². The first-order chi connectivity index (χ1) is 5.99. The minimum Gasteiger partial charge on any atom is -0.302 e. The van der Waals surface area contributed by atoms with Crippen LogP contribution in [0.5, 0.6) is 0 Å². The number of thioether (sulfide) groups is 1. The molecule has 0 aromatic heterocycles. The van der Waals surface area contributed by atoms with E-state index in [4.69, 9.17) is 4.84 Å². The van der Waals surface area contributed by atoms with Crippen LogP contribution in [0.3, 0.4) is 0 Å². The van der Waals surface area contributed by atoms with Crippen molar-refractivity contribution in [2.24, 2.45) is 0 Å². The molecule has 0 saturated carbocycles. The van der Waals surface area contributed by atoms with Gasteiger partial charge < -0.3 is 4.79 Å². The molecule has 0 aliphatic carbocycles. The number of rotatable bonds is 6. The lowest BCUT2D eigenvalue weighted by Crippen LogP contribution is -2.37. The zero-order chi connectivity index (χ0) is 10.3. The second kappa shape index (κ2) is 6.40. The third-order valence-corrected chi connectivity index (χ3v) is 1.96. The van der Waals surface area contributed by atoms with Gasteiger partial charge in [-0.3, -0.25) is 4.84 Å². The molecule has 0 aliphatic heterocycles. The van der Waals surface area contributed by atoms with Crippen LogP contribution >= 0.6 is 11.8 Å². The van der Waals surface area contributed by atoms with E-state index >= 15 is 0 Å². The molecule has 0 aliphatic rings. The second-order valence-electron chi connectivity index (χ2n) is 3.86. The van der Waals surface area contributed by atoms with Crippen molar-refractivity contribution >= 4 is 18.0 Å². The van der Waals surface area contributed by atoms with Crippen molar-refractivity contribution in [3.05, 3.63) is 0 Å². The number of aldehydes is 1. The molecule has 0 saturated heterocycles. The number of nitrogens with one attached hydrogen (secondary N) is 1. The van der Waals surface area contributed by atoms with Gasteiger partial charge in [-0.1, -0.05) is 0 Å². The summed E-state index contributed by atoms with van der Waals surface area (Å²) >= 11 is 1.72. The van der Waals surface area contributed by atoms with Crippen LogP contribution in [0.1, 0.15) is 27.2 Å². The number of carbonyl (C=O) groups is 1.